The number of nitro groups is 1. The molecule has 6 nitrogen and oxygen atoms in total. The molecule has 0 aliphatic rings. The van der Waals surface area contributed by atoms with E-state index in [2.05, 4.69) is 4.98 Å². The van der Waals surface area contributed by atoms with Crippen molar-refractivity contribution >= 4 is 11.4 Å². The van der Waals surface area contributed by atoms with Gasteiger partial charge < -0.3 is 10.3 Å². The average molecular weight is 204 g/mol. The molecule has 0 unspecified atom stereocenters. The summed E-state index contributed by atoms with van der Waals surface area (Å²) < 4.78 is 1.72. The summed E-state index contributed by atoms with van der Waals surface area (Å²) in [6.07, 6.45) is 4.96. The second kappa shape index (κ2) is 3.41. The number of nitrogen functional groups attached to an aromatic ring is 1. The minimum atomic E-state index is -0.507. The molecule has 1 heterocycles. The Bertz CT molecular complexity index is 493. The van der Waals surface area contributed by atoms with Crippen LogP contribution in [0.15, 0.2) is 36.9 Å². The molecular formula is C9H8N4O2. The van der Waals surface area contributed by atoms with Gasteiger partial charge in [-0.3, -0.25) is 10.1 Å². The number of rotatable bonds is 2. The van der Waals surface area contributed by atoms with Crippen molar-refractivity contribution < 1.29 is 4.92 Å². The second-order valence-corrected chi connectivity index (χ2v) is 2.97. The Labute approximate surface area is 85.1 Å². The topological polar surface area (TPSA) is 87.0 Å². The molecule has 0 radical (unpaired) electrons. The summed E-state index contributed by atoms with van der Waals surface area (Å²) in [7, 11) is 0. The maximum atomic E-state index is 10.5. The lowest BCUT2D eigenvalue weighted by Gasteiger charge is -2.03. The molecule has 76 valence electrons. The molecule has 1 aromatic heterocycles. The van der Waals surface area contributed by atoms with Crippen molar-refractivity contribution in [2.24, 2.45) is 0 Å². The lowest BCUT2D eigenvalue weighted by molar-refractivity contribution is -0.383. The smallest absolute Gasteiger partial charge is 0.292 e. The second-order valence-electron chi connectivity index (χ2n) is 2.97. The first-order valence-corrected chi connectivity index (χ1v) is 4.21. The molecule has 0 aliphatic heterocycles. The first kappa shape index (κ1) is 9.20. The van der Waals surface area contributed by atoms with Gasteiger partial charge in [0, 0.05) is 24.1 Å². The first-order chi connectivity index (χ1) is 7.18. The zero-order valence-electron chi connectivity index (χ0n) is 7.70. The van der Waals surface area contributed by atoms with E-state index in [0.717, 1.165) is 5.69 Å². The number of hydrogen-bond acceptors (Lipinski definition) is 4. The Kier molecular flexibility index (Phi) is 2.09. The van der Waals surface area contributed by atoms with Gasteiger partial charge in [0.2, 0.25) is 0 Å². The molecule has 6 heteroatoms. The number of nitro benzene ring substituents is 1. The van der Waals surface area contributed by atoms with Gasteiger partial charge in [0.25, 0.3) is 5.69 Å². The van der Waals surface area contributed by atoms with Crippen molar-refractivity contribution in [2.45, 2.75) is 0 Å². The van der Waals surface area contributed by atoms with Crippen LogP contribution in [0.5, 0.6) is 0 Å². The molecule has 0 fully saturated rings. The molecule has 1 aromatic carbocycles. The molecule has 0 spiro atoms. The van der Waals surface area contributed by atoms with Gasteiger partial charge in [-0.05, 0) is 12.1 Å². The minimum Gasteiger partial charge on any atom is -0.393 e. The van der Waals surface area contributed by atoms with Crippen LogP contribution in [0.25, 0.3) is 5.69 Å². The van der Waals surface area contributed by atoms with Gasteiger partial charge in [-0.15, -0.1) is 0 Å². The van der Waals surface area contributed by atoms with E-state index in [1.807, 2.05) is 0 Å². The molecule has 2 aromatic rings. The molecule has 0 saturated carbocycles. The molecule has 2 rings (SSSR count). The highest BCUT2D eigenvalue weighted by Crippen LogP contribution is 2.23. The standard InChI is InChI=1S/C9H8N4O2/c10-8-5-7(12-4-3-11-6-12)1-2-9(8)13(14)15/h1-6H,10H2. The van der Waals surface area contributed by atoms with Crippen molar-refractivity contribution in [3.8, 4) is 5.69 Å². The highest BCUT2D eigenvalue weighted by molar-refractivity contribution is 5.62. The normalized spacial score (nSPS) is 10.1. The van der Waals surface area contributed by atoms with Crippen LogP contribution < -0.4 is 5.73 Å². The lowest BCUT2D eigenvalue weighted by Crippen LogP contribution is -1.98. The zero-order chi connectivity index (χ0) is 10.8. The monoisotopic (exact) mass is 204 g/mol. The Morgan fingerprint density at radius 1 is 1.47 bits per heavy atom. The van der Waals surface area contributed by atoms with Crippen LogP contribution in [-0.4, -0.2) is 14.5 Å². The summed E-state index contributed by atoms with van der Waals surface area (Å²) in [5.41, 5.74) is 6.36. The maximum Gasteiger partial charge on any atom is 0.292 e. The van der Waals surface area contributed by atoms with Crippen LogP contribution in [0.4, 0.5) is 11.4 Å². The fourth-order valence-electron chi connectivity index (χ4n) is 1.28. The number of nitrogens with two attached hydrogens (primary N) is 1. The molecule has 0 saturated heterocycles. The summed E-state index contributed by atoms with van der Waals surface area (Å²) in [4.78, 5) is 13.9. The number of aromatic nitrogens is 2. The Balaban J connectivity index is 2.47. The third kappa shape index (κ3) is 1.64. The van der Waals surface area contributed by atoms with E-state index in [1.165, 1.54) is 6.07 Å². The summed E-state index contributed by atoms with van der Waals surface area (Å²) in [5, 5.41) is 10.5. The van der Waals surface area contributed by atoms with Crippen molar-refractivity contribution in [3.63, 3.8) is 0 Å². The van der Waals surface area contributed by atoms with E-state index >= 15 is 0 Å². The molecule has 2 N–H and O–H groups in total. The quantitative estimate of drug-likeness (QED) is 0.454. The third-order valence-corrected chi connectivity index (χ3v) is 2.01. The van der Waals surface area contributed by atoms with Crippen LogP contribution in [0, 0.1) is 10.1 Å². The Morgan fingerprint density at radius 2 is 2.27 bits per heavy atom. The van der Waals surface area contributed by atoms with Crippen molar-refractivity contribution in [3.05, 3.63) is 47.0 Å². The van der Waals surface area contributed by atoms with Gasteiger partial charge in [0.1, 0.15) is 5.69 Å². The summed E-state index contributed by atoms with van der Waals surface area (Å²) in [6.45, 7) is 0. The predicted molar refractivity (Wildman–Crippen MR) is 54.6 cm³/mol. The Morgan fingerprint density at radius 3 is 2.80 bits per heavy atom. The van der Waals surface area contributed by atoms with Crippen molar-refractivity contribution in [2.75, 3.05) is 5.73 Å². The van der Waals surface area contributed by atoms with Crippen LogP contribution >= 0.6 is 0 Å². The molecular weight excluding hydrogens is 196 g/mol. The van der Waals surface area contributed by atoms with E-state index in [9.17, 15) is 10.1 Å². The lowest BCUT2D eigenvalue weighted by atomic mass is 10.2. The minimum absolute atomic E-state index is 0.0844. The van der Waals surface area contributed by atoms with Crippen LogP contribution in [0.1, 0.15) is 0 Å². The van der Waals surface area contributed by atoms with E-state index in [0.29, 0.717) is 0 Å². The van der Waals surface area contributed by atoms with Crippen molar-refractivity contribution in [1.82, 2.24) is 9.55 Å². The number of imidazole rings is 1. The SMILES string of the molecule is Nc1cc(-n2ccnc2)ccc1[N+](=O)[O-]. The first-order valence-electron chi connectivity index (χ1n) is 4.21. The molecule has 0 amide bonds. The third-order valence-electron chi connectivity index (χ3n) is 2.01. The van der Waals surface area contributed by atoms with Crippen LogP contribution in [0.2, 0.25) is 0 Å². The fourth-order valence-corrected chi connectivity index (χ4v) is 1.28. The van der Waals surface area contributed by atoms with E-state index in [4.69, 9.17) is 5.73 Å². The highest BCUT2D eigenvalue weighted by atomic mass is 16.6. The van der Waals surface area contributed by atoms with E-state index < -0.39 is 4.92 Å². The summed E-state index contributed by atoms with van der Waals surface area (Å²) in [6, 6.07) is 4.54. The van der Waals surface area contributed by atoms with E-state index in [-0.39, 0.29) is 11.4 Å². The van der Waals surface area contributed by atoms with Gasteiger partial charge in [-0.2, -0.15) is 0 Å². The number of anilines is 1. The largest absolute Gasteiger partial charge is 0.393 e. The van der Waals surface area contributed by atoms with Crippen molar-refractivity contribution in [1.29, 1.82) is 0 Å². The predicted octanol–water partition coefficient (Wildman–Crippen LogP) is 1.36. The average Bonchev–Trinajstić information content (AvgIpc) is 2.69. The fraction of sp³-hybridized carbons (Fsp3) is 0. The highest BCUT2D eigenvalue weighted by Gasteiger charge is 2.11. The van der Waals surface area contributed by atoms with Gasteiger partial charge in [-0.1, -0.05) is 0 Å². The number of benzene rings is 1. The summed E-state index contributed by atoms with van der Waals surface area (Å²) >= 11 is 0. The molecule has 0 bridgehead atoms. The molecule has 15 heavy (non-hydrogen) atoms. The summed E-state index contributed by atoms with van der Waals surface area (Å²) in [5.74, 6) is 0. The number of nitrogens with zero attached hydrogens (tertiary/aromatic N) is 3. The van der Waals surface area contributed by atoms with Crippen LogP contribution in [0.3, 0.4) is 0 Å². The van der Waals surface area contributed by atoms with Gasteiger partial charge >= 0.3 is 0 Å². The van der Waals surface area contributed by atoms with Crippen LogP contribution in [-0.2, 0) is 0 Å². The zero-order valence-corrected chi connectivity index (χ0v) is 7.70. The van der Waals surface area contributed by atoms with E-state index in [1.54, 1.807) is 35.4 Å². The maximum absolute atomic E-state index is 10.5. The molecule has 0 aliphatic carbocycles. The van der Waals surface area contributed by atoms with Gasteiger partial charge in [-0.25, -0.2) is 4.98 Å². The Hall–Kier alpha value is -2.37. The van der Waals surface area contributed by atoms with Gasteiger partial charge in [0.15, 0.2) is 0 Å². The molecule has 0 atom stereocenters. The number of hydrogen-bond donors (Lipinski definition) is 1. The van der Waals surface area contributed by atoms with Gasteiger partial charge in [0.05, 0.1) is 11.3 Å².